The van der Waals surface area contributed by atoms with Crippen LogP contribution in [-0.2, 0) is 4.74 Å². The van der Waals surface area contributed by atoms with E-state index in [1.54, 1.807) is 0 Å². The molecule has 0 saturated carbocycles. The van der Waals surface area contributed by atoms with Crippen LogP contribution in [0.25, 0.3) is 0 Å². The van der Waals surface area contributed by atoms with Gasteiger partial charge < -0.3 is 9.84 Å². The van der Waals surface area contributed by atoms with E-state index in [0.717, 1.165) is 26.1 Å². The Bertz CT molecular complexity index is 100. The predicted octanol–water partition coefficient (Wildman–Crippen LogP) is 2.21. The molecule has 2 nitrogen and oxygen atoms in total. The highest BCUT2D eigenvalue weighted by Gasteiger charge is 2.15. The smallest absolute Gasteiger partial charge is 0.0482 e. The molecule has 0 aromatic heterocycles. The van der Waals surface area contributed by atoms with Crippen LogP contribution in [0.3, 0.4) is 0 Å². The van der Waals surface area contributed by atoms with Gasteiger partial charge in [0.15, 0.2) is 0 Å². The monoisotopic (exact) mass is 174 g/mol. The number of hydrogen-bond donors (Lipinski definition) is 1. The Morgan fingerprint density at radius 3 is 2.42 bits per heavy atom. The van der Waals surface area contributed by atoms with Crippen LogP contribution in [0, 0.1) is 5.41 Å². The maximum absolute atomic E-state index is 8.94. The Morgan fingerprint density at radius 2 is 1.92 bits per heavy atom. The third-order valence-corrected chi connectivity index (χ3v) is 1.99. The van der Waals surface area contributed by atoms with Gasteiger partial charge in [0.05, 0.1) is 0 Å². The average Bonchev–Trinajstić information content (AvgIpc) is 2.04. The minimum atomic E-state index is 0.0201. The lowest BCUT2D eigenvalue weighted by atomic mass is 9.91. The standard InChI is InChI=1S/C10H22O2/c1-4-5-7-12-8-6-10(2,3)9-11/h11H,4-9H2,1-3H3. The van der Waals surface area contributed by atoms with Crippen molar-refractivity contribution in [2.24, 2.45) is 5.41 Å². The van der Waals surface area contributed by atoms with E-state index in [2.05, 4.69) is 20.8 Å². The first-order valence-corrected chi connectivity index (χ1v) is 4.81. The molecule has 0 bridgehead atoms. The zero-order valence-corrected chi connectivity index (χ0v) is 8.60. The fourth-order valence-electron chi connectivity index (χ4n) is 0.776. The van der Waals surface area contributed by atoms with Crippen molar-refractivity contribution in [1.29, 1.82) is 0 Å². The maximum Gasteiger partial charge on any atom is 0.0482 e. The molecule has 74 valence electrons. The maximum atomic E-state index is 8.94. The first kappa shape index (κ1) is 11.9. The zero-order valence-electron chi connectivity index (χ0n) is 8.60. The van der Waals surface area contributed by atoms with Gasteiger partial charge in [-0.05, 0) is 18.3 Å². The molecule has 2 heteroatoms. The van der Waals surface area contributed by atoms with Gasteiger partial charge in [0.2, 0.25) is 0 Å². The summed E-state index contributed by atoms with van der Waals surface area (Å²) in [6.45, 7) is 8.13. The van der Waals surface area contributed by atoms with Crippen LogP contribution < -0.4 is 0 Å². The number of unbranched alkanes of at least 4 members (excludes halogenated alkanes) is 1. The minimum absolute atomic E-state index is 0.0201. The molecule has 0 aromatic carbocycles. The number of hydrogen-bond acceptors (Lipinski definition) is 2. The highest BCUT2D eigenvalue weighted by molar-refractivity contribution is 4.65. The van der Waals surface area contributed by atoms with Crippen LogP contribution in [0.15, 0.2) is 0 Å². The number of aliphatic hydroxyl groups is 1. The first-order chi connectivity index (χ1) is 5.62. The molecule has 0 rings (SSSR count). The molecular formula is C10H22O2. The third-order valence-electron chi connectivity index (χ3n) is 1.99. The predicted molar refractivity (Wildman–Crippen MR) is 51.2 cm³/mol. The Balaban J connectivity index is 3.19. The quantitative estimate of drug-likeness (QED) is 0.600. The van der Waals surface area contributed by atoms with Crippen LogP contribution in [0.2, 0.25) is 0 Å². The summed E-state index contributed by atoms with van der Waals surface area (Å²) in [5.41, 5.74) is 0.0201. The van der Waals surface area contributed by atoms with Gasteiger partial charge in [0, 0.05) is 19.8 Å². The number of ether oxygens (including phenoxy) is 1. The summed E-state index contributed by atoms with van der Waals surface area (Å²) in [6.07, 6.45) is 3.26. The Labute approximate surface area is 75.9 Å². The third kappa shape index (κ3) is 6.62. The van der Waals surface area contributed by atoms with Crippen molar-refractivity contribution in [2.75, 3.05) is 19.8 Å². The molecule has 0 atom stereocenters. The van der Waals surface area contributed by atoms with Crippen molar-refractivity contribution in [1.82, 2.24) is 0 Å². The largest absolute Gasteiger partial charge is 0.396 e. The van der Waals surface area contributed by atoms with Crippen LogP contribution in [0.1, 0.15) is 40.0 Å². The molecule has 0 fully saturated rings. The lowest BCUT2D eigenvalue weighted by molar-refractivity contribution is 0.0747. The minimum Gasteiger partial charge on any atom is -0.396 e. The Hall–Kier alpha value is -0.0800. The van der Waals surface area contributed by atoms with E-state index in [1.807, 2.05) is 0 Å². The molecule has 12 heavy (non-hydrogen) atoms. The van der Waals surface area contributed by atoms with E-state index >= 15 is 0 Å². The van der Waals surface area contributed by atoms with Gasteiger partial charge in [-0.25, -0.2) is 0 Å². The second-order valence-corrected chi connectivity index (χ2v) is 4.04. The Kier molecular flexibility index (Phi) is 6.39. The van der Waals surface area contributed by atoms with E-state index in [0.29, 0.717) is 0 Å². The molecule has 0 unspecified atom stereocenters. The van der Waals surface area contributed by atoms with Crippen molar-refractivity contribution < 1.29 is 9.84 Å². The highest BCUT2D eigenvalue weighted by atomic mass is 16.5. The summed E-state index contributed by atoms with van der Waals surface area (Å²) in [7, 11) is 0. The molecule has 0 aromatic rings. The van der Waals surface area contributed by atoms with Gasteiger partial charge in [-0.2, -0.15) is 0 Å². The molecule has 0 aliphatic carbocycles. The normalized spacial score (nSPS) is 12.0. The fraction of sp³-hybridized carbons (Fsp3) is 1.00. The van der Waals surface area contributed by atoms with Gasteiger partial charge in [0.1, 0.15) is 0 Å². The molecule has 0 aliphatic heterocycles. The lowest BCUT2D eigenvalue weighted by Crippen LogP contribution is -2.19. The van der Waals surface area contributed by atoms with Crippen LogP contribution in [-0.4, -0.2) is 24.9 Å². The van der Waals surface area contributed by atoms with Crippen LogP contribution in [0.5, 0.6) is 0 Å². The lowest BCUT2D eigenvalue weighted by Gasteiger charge is -2.20. The molecule has 0 radical (unpaired) electrons. The van der Waals surface area contributed by atoms with E-state index < -0.39 is 0 Å². The molecule has 0 spiro atoms. The van der Waals surface area contributed by atoms with Crippen molar-refractivity contribution in [3.05, 3.63) is 0 Å². The zero-order chi connectivity index (χ0) is 9.45. The van der Waals surface area contributed by atoms with Gasteiger partial charge in [0.25, 0.3) is 0 Å². The van der Waals surface area contributed by atoms with E-state index in [4.69, 9.17) is 9.84 Å². The van der Waals surface area contributed by atoms with Crippen molar-refractivity contribution in [3.63, 3.8) is 0 Å². The molecule has 0 heterocycles. The second kappa shape index (κ2) is 6.44. The summed E-state index contributed by atoms with van der Waals surface area (Å²) >= 11 is 0. The van der Waals surface area contributed by atoms with Gasteiger partial charge in [-0.1, -0.05) is 27.2 Å². The SMILES string of the molecule is CCCCOCCC(C)(C)CO. The van der Waals surface area contributed by atoms with Crippen molar-refractivity contribution >= 4 is 0 Å². The number of rotatable bonds is 7. The summed E-state index contributed by atoms with van der Waals surface area (Å²) in [5.74, 6) is 0. The van der Waals surface area contributed by atoms with Crippen molar-refractivity contribution in [2.45, 2.75) is 40.0 Å². The molecule has 0 amide bonds. The van der Waals surface area contributed by atoms with Gasteiger partial charge in [-0.15, -0.1) is 0 Å². The molecule has 0 saturated heterocycles. The highest BCUT2D eigenvalue weighted by Crippen LogP contribution is 2.18. The van der Waals surface area contributed by atoms with Crippen LogP contribution >= 0.6 is 0 Å². The molecular weight excluding hydrogens is 152 g/mol. The van der Waals surface area contributed by atoms with E-state index in [9.17, 15) is 0 Å². The van der Waals surface area contributed by atoms with Crippen molar-refractivity contribution in [3.8, 4) is 0 Å². The van der Waals surface area contributed by atoms with Gasteiger partial charge in [-0.3, -0.25) is 0 Å². The molecule has 0 aliphatic rings. The van der Waals surface area contributed by atoms with Gasteiger partial charge >= 0.3 is 0 Å². The Morgan fingerprint density at radius 1 is 1.25 bits per heavy atom. The van der Waals surface area contributed by atoms with E-state index in [1.165, 1.54) is 6.42 Å². The summed E-state index contributed by atoms with van der Waals surface area (Å²) in [5, 5.41) is 8.94. The second-order valence-electron chi connectivity index (χ2n) is 4.04. The number of aliphatic hydroxyl groups excluding tert-OH is 1. The fourth-order valence-corrected chi connectivity index (χ4v) is 0.776. The molecule has 1 N–H and O–H groups in total. The summed E-state index contributed by atoms with van der Waals surface area (Å²) in [6, 6.07) is 0. The van der Waals surface area contributed by atoms with Crippen LogP contribution in [0.4, 0.5) is 0 Å². The first-order valence-electron chi connectivity index (χ1n) is 4.81. The summed E-state index contributed by atoms with van der Waals surface area (Å²) < 4.78 is 5.40. The average molecular weight is 174 g/mol. The topological polar surface area (TPSA) is 29.5 Å². The summed E-state index contributed by atoms with van der Waals surface area (Å²) in [4.78, 5) is 0. The van der Waals surface area contributed by atoms with E-state index in [-0.39, 0.29) is 12.0 Å².